The number of benzene rings is 3. The molecule has 0 aliphatic carbocycles. The van der Waals surface area contributed by atoms with Crippen LogP contribution in [0.1, 0.15) is 30.5 Å². The van der Waals surface area contributed by atoms with Crippen LogP contribution >= 0.6 is 0 Å². The minimum Gasteiger partial charge on any atom is -0.378 e. The molecule has 0 aliphatic rings. The zero-order valence-electron chi connectivity index (χ0n) is 18.0. The van der Waals surface area contributed by atoms with Gasteiger partial charge in [0.1, 0.15) is 0 Å². The fourth-order valence-electron chi connectivity index (χ4n) is 4.25. The van der Waals surface area contributed by atoms with E-state index < -0.39 is 0 Å². The smallest absolute Gasteiger partial charge is 0.0474 e. The van der Waals surface area contributed by atoms with Gasteiger partial charge in [0.05, 0.1) is 0 Å². The highest BCUT2D eigenvalue weighted by molar-refractivity contribution is 5.57. The van der Waals surface area contributed by atoms with Crippen molar-refractivity contribution in [3.63, 3.8) is 0 Å². The molecule has 2 nitrogen and oxygen atoms in total. The second-order valence-corrected chi connectivity index (χ2v) is 8.21. The first-order valence-electron chi connectivity index (χ1n) is 9.98. The van der Waals surface area contributed by atoms with Gasteiger partial charge in [0.15, 0.2) is 0 Å². The summed E-state index contributed by atoms with van der Waals surface area (Å²) in [5.74, 6) is 0.394. The van der Waals surface area contributed by atoms with Crippen molar-refractivity contribution in [2.45, 2.75) is 19.3 Å². The summed E-state index contributed by atoms with van der Waals surface area (Å²) in [4.78, 5) is 4.30. The number of rotatable bonds is 6. The van der Waals surface area contributed by atoms with Gasteiger partial charge in [-0.3, -0.25) is 0 Å². The monoisotopic (exact) mass is 372 g/mol. The van der Waals surface area contributed by atoms with Crippen LogP contribution < -0.4 is 9.80 Å². The van der Waals surface area contributed by atoms with Crippen LogP contribution in [-0.2, 0) is 5.41 Å². The fraction of sp³-hybridized carbons (Fsp3) is 0.308. The van der Waals surface area contributed by atoms with Crippen molar-refractivity contribution < 1.29 is 0 Å². The highest BCUT2D eigenvalue weighted by Crippen LogP contribution is 2.45. The highest BCUT2D eigenvalue weighted by Gasteiger charge is 2.39. The molecule has 0 fully saturated rings. The lowest BCUT2D eigenvalue weighted by Crippen LogP contribution is -2.35. The van der Waals surface area contributed by atoms with Gasteiger partial charge in [-0.15, -0.1) is 0 Å². The van der Waals surface area contributed by atoms with E-state index in [0.717, 1.165) is 0 Å². The van der Waals surface area contributed by atoms with E-state index in [-0.39, 0.29) is 5.41 Å². The first kappa shape index (κ1) is 20.0. The Labute approximate surface area is 170 Å². The van der Waals surface area contributed by atoms with Crippen LogP contribution in [0.25, 0.3) is 0 Å². The van der Waals surface area contributed by atoms with Gasteiger partial charge in [-0.05, 0) is 46.9 Å². The van der Waals surface area contributed by atoms with Crippen molar-refractivity contribution in [2.75, 3.05) is 38.0 Å². The highest BCUT2D eigenvalue weighted by atomic mass is 15.1. The van der Waals surface area contributed by atoms with E-state index in [4.69, 9.17) is 0 Å². The number of hydrogen-bond donors (Lipinski definition) is 0. The second kappa shape index (κ2) is 8.10. The summed E-state index contributed by atoms with van der Waals surface area (Å²) < 4.78 is 0. The molecule has 0 aromatic heterocycles. The Balaban J connectivity index is 2.25. The normalized spacial score (nSPS) is 11.5. The molecule has 28 heavy (non-hydrogen) atoms. The summed E-state index contributed by atoms with van der Waals surface area (Å²) in [6.45, 7) is 4.65. The molecule has 0 heterocycles. The molecule has 2 heteroatoms. The van der Waals surface area contributed by atoms with Crippen molar-refractivity contribution in [1.29, 1.82) is 0 Å². The molecule has 3 aromatic rings. The topological polar surface area (TPSA) is 6.48 Å². The maximum Gasteiger partial charge on any atom is 0.0474 e. The van der Waals surface area contributed by atoms with Crippen molar-refractivity contribution in [3.05, 3.63) is 95.6 Å². The molecule has 0 atom stereocenters. The molecule has 0 unspecified atom stereocenters. The fourth-order valence-corrected chi connectivity index (χ4v) is 4.25. The second-order valence-electron chi connectivity index (χ2n) is 8.21. The van der Waals surface area contributed by atoms with E-state index >= 15 is 0 Å². The van der Waals surface area contributed by atoms with Crippen LogP contribution in [0.15, 0.2) is 78.9 Å². The van der Waals surface area contributed by atoms with E-state index in [2.05, 4.69) is 131 Å². The summed E-state index contributed by atoms with van der Waals surface area (Å²) in [6.07, 6.45) is 0. The third-order valence-electron chi connectivity index (χ3n) is 5.77. The molecule has 0 aliphatic heterocycles. The molecular formula is C26H32N2. The number of nitrogens with zero attached hydrogens (tertiary/aromatic N) is 2. The SMILES string of the molecule is CC(C)C(c1ccccc1)(c1ccc(N(C)C)cc1)c1ccc(N(C)C)cc1. The third kappa shape index (κ3) is 3.52. The van der Waals surface area contributed by atoms with Gasteiger partial charge in [0.25, 0.3) is 0 Å². The molecule has 0 radical (unpaired) electrons. The molecule has 3 rings (SSSR count). The Morgan fingerprint density at radius 1 is 0.536 bits per heavy atom. The first-order chi connectivity index (χ1) is 13.4. The number of hydrogen-bond acceptors (Lipinski definition) is 2. The Hall–Kier alpha value is -2.74. The van der Waals surface area contributed by atoms with E-state index in [9.17, 15) is 0 Å². The van der Waals surface area contributed by atoms with Gasteiger partial charge in [-0.25, -0.2) is 0 Å². The molecule has 0 amide bonds. The zero-order chi connectivity index (χ0) is 20.3. The van der Waals surface area contributed by atoms with Crippen LogP contribution in [0.4, 0.5) is 11.4 Å². The average Bonchev–Trinajstić information content (AvgIpc) is 2.70. The summed E-state index contributed by atoms with van der Waals surface area (Å²) >= 11 is 0. The first-order valence-corrected chi connectivity index (χ1v) is 9.98. The molecule has 0 spiro atoms. The average molecular weight is 373 g/mol. The molecular weight excluding hydrogens is 340 g/mol. The van der Waals surface area contributed by atoms with Gasteiger partial charge in [0.2, 0.25) is 0 Å². The van der Waals surface area contributed by atoms with Crippen LogP contribution in [0.5, 0.6) is 0 Å². The summed E-state index contributed by atoms with van der Waals surface area (Å²) in [5, 5.41) is 0. The van der Waals surface area contributed by atoms with Crippen LogP contribution in [0.2, 0.25) is 0 Å². The van der Waals surface area contributed by atoms with Gasteiger partial charge >= 0.3 is 0 Å². The number of anilines is 2. The lowest BCUT2D eigenvalue weighted by Gasteiger charge is -2.40. The van der Waals surface area contributed by atoms with Crippen molar-refractivity contribution >= 4 is 11.4 Å². The molecule has 0 saturated heterocycles. The molecule has 146 valence electrons. The van der Waals surface area contributed by atoms with Gasteiger partial charge in [0, 0.05) is 45.0 Å². The Morgan fingerprint density at radius 3 is 1.21 bits per heavy atom. The van der Waals surface area contributed by atoms with Gasteiger partial charge in [-0.1, -0.05) is 68.4 Å². The largest absolute Gasteiger partial charge is 0.378 e. The van der Waals surface area contributed by atoms with Crippen LogP contribution in [-0.4, -0.2) is 28.2 Å². The molecule has 0 bridgehead atoms. The predicted octanol–water partition coefficient (Wildman–Crippen LogP) is 5.81. The van der Waals surface area contributed by atoms with Gasteiger partial charge in [-0.2, -0.15) is 0 Å². The lowest BCUT2D eigenvalue weighted by molar-refractivity contribution is 0.438. The van der Waals surface area contributed by atoms with Crippen molar-refractivity contribution in [3.8, 4) is 0 Å². The Kier molecular flexibility index (Phi) is 5.79. The quantitative estimate of drug-likeness (QED) is 0.504. The van der Waals surface area contributed by atoms with E-state index in [1.807, 2.05) is 0 Å². The van der Waals surface area contributed by atoms with Crippen LogP contribution in [0, 0.1) is 5.92 Å². The van der Waals surface area contributed by atoms with Gasteiger partial charge < -0.3 is 9.80 Å². The predicted molar refractivity (Wildman–Crippen MR) is 123 cm³/mol. The third-order valence-corrected chi connectivity index (χ3v) is 5.77. The minimum atomic E-state index is -0.197. The maximum atomic E-state index is 2.33. The Morgan fingerprint density at radius 2 is 0.893 bits per heavy atom. The lowest BCUT2D eigenvalue weighted by atomic mass is 9.63. The zero-order valence-corrected chi connectivity index (χ0v) is 18.0. The maximum absolute atomic E-state index is 2.33. The summed E-state index contributed by atoms with van der Waals surface area (Å²) in [7, 11) is 8.34. The molecule has 0 N–H and O–H groups in total. The van der Waals surface area contributed by atoms with Crippen molar-refractivity contribution in [2.24, 2.45) is 5.92 Å². The molecule has 0 saturated carbocycles. The standard InChI is InChI=1S/C26H32N2/c1-20(2)26(21-10-8-7-9-11-21,22-12-16-24(17-13-22)27(3)4)23-14-18-25(19-15-23)28(5)6/h7-20H,1-6H3. The van der Waals surface area contributed by atoms with E-state index in [0.29, 0.717) is 5.92 Å². The summed E-state index contributed by atoms with van der Waals surface area (Å²) in [6, 6.07) is 29.0. The van der Waals surface area contributed by atoms with Crippen LogP contribution in [0.3, 0.4) is 0 Å². The van der Waals surface area contributed by atoms with E-state index in [1.165, 1.54) is 28.1 Å². The minimum absolute atomic E-state index is 0.197. The Bertz CT molecular complexity index is 824. The van der Waals surface area contributed by atoms with E-state index in [1.54, 1.807) is 0 Å². The van der Waals surface area contributed by atoms with Crippen molar-refractivity contribution in [1.82, 2.24) is 0 Å². The molecule has 3 aromatic carbocycles. The summed E-state index contributed by atoms with van der Waals surface area (Å²) in [5.41, 5.74) is 6.24.